The molecule has 0 aliphatic heterocycles. The fraction of sp³-hybridized carbons (Fsp3) is 0.417. The molecule has 0 bridgehead atoms. The molecule has 1 rings (SSSR count). The molecule has 1 aromatic rings. The summed E-state index contributed by atoms with van der Waals surface area (Å²) in [5.74, 6) is 0.784. The number of hydrogen-bond acceptors (Lipinski definition) is 3. The van der Waals surface area contributed by atoms with Gasteiger partial charge in [-0.1, -0.05) is 12.1 Å². The van der Waals surface area contributed by atoms with Gasteiger partial charge < -0.3 is 21.1 Å². The van der Waals surface area contributed by atoms with E-state index in [9.17, 15) is 4.79 Å². The normalized spacial score (nSPS) is 11.9. The number of methoxy groups -OCH3 is 1. The van der Waals surface area contributed by atoms with E-state index in [2.05, 4.69) is 0 Å². The van der Waals surface area contributed by atoms with Crippen molar-refractivity contribution >= 4 is 6.03 Å². The molecular formula is C12H19N3O2. The number of urea groups is 1. The van der Waals surface area contributed by atoms with Crippen molar-refractivity contribution in [3.8, 4) is 5.75 Å². The molecule has 2 amide bonds. The number of ether oxygens (including phenoxy) is 1. The van der Waals surface area contributed by atoms with Crippen molar-refractivity contribution in [1.29, 1.82) is 0 Å². The molecule has 0 saturated heterocycles. The molecule has 0 aromatic heterocycles. The van der Waals surface area contributed by atoms with E-state index >= 15 is 0 Å². The van der Waals surface area contributed by atoms with E-state index in [1.54, 1.807) is 7.11 Å². The van der Waals surface area contributed by atoms with E-state index in [-0.39, 0.29) is 6.04 Å². The summed E-state index contributed by atoms with van der Waals surface area (Å²) in [5, 5.41) is 0. The van der Waals surface area contributed by atoms with Crippen molar-refractivity contribution < 1.29 is 9.53 Å². The second-order valence-electron chi connectivity index (χ2n) is 4.04. The highest BCUT2D eigenvalue weighted by molar-refractivity contribution is 5.72. The molecule has 4 N–H and O–H groups in total. The number of primary amides is 1. The Hall–Kier alpha value is -1.75. The molecule has 0 heterocycles. The Morgan fingerprint density at radius 2 is 2.00 bits per heavy atom. The largest absolute Gasteiger partial charge is 0.497 e. The van der Waals surface area contributed by atoms with Crippen LogP contribution >= 0.6 is 0 Å². The Balaban J connectivity index is 2.68. The summed E-state index contributed by atoms with van der Waals surface area (Å²) in [4.78, 5) is 12.8. The summed E-state index contributed by atoms with van der Waals surface area (Å²) in [6.07, 6.45) is 0. The van der Waals surface area contributed by atoms with Crippen LogP contribution in [-0.4, -0.2) is 30.6 Å². The minimum Gasteiger partial charge on any atom is -0.497 e. The fourth-order valence-corrected chi connectivity index (χ4v) is 1.53. The molecule has 5 heteroatoms. The summed E-state index contributed by atoms with van der Waals surface area (Å²) in [6, 6.07) is 6.94. The average Bonchev–Trinajstić information content (AvgIpc) is 2.28. The van der Waals surface area contributed by atoms with Gasteiger partial charge in [0.1, 0.15) is 5.75 Å². The first kappa shape index (κ1) is 13.3. The second kappa shape index (κ2) is 6.10. The second-order valence-corrected chi connectivity index (χ2v) is 4.04. The molecule has 0 saturated carbocycles. The summed E-state index contributed by atoms with van der Waals surface area (Å²) in [6.45, 7) is 2.74. The summed E-state index contributed by atoms with van der Waals surface area (Å²) in [5.41, 5.74) is 11.9. The topological polar surface area (TPSA) is 81.6 Å². The predicted molar refractivity (Wildman–Crippen MR) is 66.6 cm³/mol. The van der Waals surface area contributed by atoms with Gasteiger partial charge in [0, 0.05) is 19.1 Å². The molecule has 1 atom stereocenters. The molecule has 94 valence electrons. The Kier molecular flexibility index (Phi) is 4.78. The number of hydrogen-bond donors (Lipinski definition) is 2. The Bertz CT molecular complexity index is 363. The lowest BCUT2D eigenvalue weighted by molar-refractivity contribution is 0.202. The van der Waals surface area contributed by atoms with Gasteiger partial charge >= 0.3 is 6.03 Å². The molecule has 1 unspecified atom stereocenters. The molecule has 0 aliphatic rings. The number of carbonyl (C=O) groups excluding carboxylic acids is 1. The Morgan fingerprint density at radius 3 is 2.41 bits per heavy atom. The molecule has 0 aliphatic carbocycles. The van der Waals surface area contributed by atoms with E-state index < -0.39 is 6.03 Å². The minimum absolute atomic E-state index is 0.0965. The van der Waals surface area contributed by atoms with Crippen molar-refractivity contribution in [3.05, 3.63) is 29.8 Å². The van der Waals surface area contributed by atoms with Gasteiger partial charge in [-0.25, -0.2) is 4.79 Å². The van der Waals surface area contributed by atoms with Gasteiger partial charge in [0.25, 0.3) is 0 Å². The van der Waals surface area contributed by atoms with Crippen LogP contribution < -0.4 is 16.2 Å². The van der Waals surface area contributed by atoms with Crippen LogP contribution in [0, 0.1) is 0 Å². The third kappa shape index (κ3) is 4.32. The van der Waals surface area contributed by atoms with E-state index in [0.29, 0.717) is 13.1 Å². The highest BCUT2D eigenvalue weighted by Gasteiger charge is 2.12. The van der Waals surface area contributed by atoms with Gasteiger partial charge in [-0.3, -0.25) is 0 Å². The zero-order valence-corrected chi connectivity index (χ0v) is 10.2. The van der Waals surface area contributed by atoms with Gasteiger partial charge in [0.15, 0.2) is 0 Å². The summed E-state index contributed by atoms with van der Waals surface area (Å²) < 4.78 is 5.06. The molecule has 5 nitrogen and oxygen atoms in total. The van der Waals surface area contributed by atoms with Crippen LogP contribution in [-0.2, 0) is 6.54 Å². The molecule has 17 heavy (non-hydrogen) atoms. The summed E-state index contributed by atoms with van der Waals surface area (Å²) >= 11 is 0. The van der Waals surface area contributed by atoms with E-state index in [4.69, 9.17) is 16.2 Å². The van der Waals surface area contributed by atoms with Crippen LogP contribution in [0.1, 0.15) is 12.5 Å². The van der Waals surface area contributed by atoms with E-state index in [1.807, 2.05) is 31.2 Å². The fourth-order valence-electron chi connectivity index (χ4n) is 1.53. The maximum absolute atomic E-state index is 11.2. The SMILES string of the molecule is COc1ccc(CN(CC(C)N)C(N)=O)cc1. The molecule has 1 aromatic carbocycles. The first-order valence-corrected chi connectivity index (χ1v) is 5.46. The third-order valence-electron chi connectivity index (χ3n) is 2.35. The van der Waals surface area contributed by atoms with Crippen molar-refractivity contribution in [2.75, 3.05) is 13.7 Å². The lowest BCUT2D eigenvalue weighted by Gasteiger charge is -2.22. The zero-order chi connectivity index (χ0) is 12.8. The van der Waals surface area contributed by atoms with Gasteiger partial charge in [-0.15, -0.1) is 0 Å². The van der Waals surface area contributed by atoms with Gasteiger partial charge in [0.2, 0.25) is 0 Å². The van der Waals surface area contributed by atoms with Crippen molar-refractivity contribution in [2.45, 2.75) is 19.5 Å². The number of amides is 2. The maximum Gasteiger partial charge on any atom is 0.315 e. The standard InChI is InChI=1S/C12H19N3O2/c1-9(13)7-15(12(14)16)8-10-3-5-11(17-2)6-4-10/h3-6,9H,7-8,13H2,1-2H3,(H2,14,16). The Labute approximate surface area is 101 Å². The van der Waals surface area contributed by atoms with Crippen LogP contribution in [0.2, 0.25) is 0 Å². The molecule has 0 spiro atoms. The lowest BCUT2D eigenvalue weighted by atomic mass is 10.2. The van der Waals surface area contributed by atoms with Crippen molar-refractivity contribution in [2.24, 2.45) is 11.5 Å². The van der Waals surface area contributed by atoms with Crippen LogP contribution in [0.25, 0.3) is 0 Å². The van der Waals surface area contributed by atoms with Crippen LogP contribution in [0.15, 0.2) is 24.3 Å². The average molecular weight is 237 g/mol. The summed E-state index contributed by atoms with van der Waals surface area (Å²) in [7, 11) is 1.61. The Morgan fingerprint density at radius 1 is 1.41 bits per heavy atom. The number of nitrogens with two attached hydrogens (primary N) is 2. The predicted octanol–water partition coefficient (Wildman–Crippen LogP) is 0.923. The monoisotopic (exact) mass is 237 g/mol. The minimum atomic E-state index is -0.460. The molecule has 0 radical (unpaired) electrons. The number of benzene rings is 1. The van der Waals surface area contributed by atoms with Gasteiger partial charge in [0.05, 0.1) is 7.11 Å². The first-order valence-electron chi connectivity index (χ1n) is 5.46. The van der Waals surface area contributed by atoms with E-state index in [0.717, 1.165) is 11.3 Å². The molecule has 0 fully saturated rings. The van der Waals surface area contributed by atoms with Gasteiger partial charge in [-0.2, -0.15) is 0 Å². The third-order valence-corrected chi connectivity index (χ3v) is 2.35. The highest BCUT2D eigenvalue weighted by atomic mass is 16.5. The zero-order valence-electron chi connectivity index (χ0n) is 10.2. The highest BCUT2D eigenvalue weighted by Crippen LogP contribution is 2.13. The van der Waals surface area contributed by atoms with Gasteiger partial charge in [-0.05, 0) is 24.6 Å². The van der Waals surface area contributed by atoms with Crippen molar-refractivity contribution in [3.63, 3.8) is 0 Å². The van der Waals surface area contributed by atoms with E-state index in [1.165, 1.54) is 4.90 Å². The number of rotatable bonds is 5. The quantitative estimate of drug-likeness (QED) is 0.799. The first-order chi connectivity index (χ1) is 8.02. The lowest BCUT2D eigenvalue weighted by Crippen LogP contribution is -2.42. The van der Waals surface area contributed by atoms with Crippen LogP contribution in [0.5, 0.6) is 5.75 Å². The van der Waals surface area contributed by atoms with Crippen LogP contribution in [0.4, 0.5) is 4.79 Å². The number of nitrogens with zero attached hydrogens (tertiary/aromatic N) is 1. The molecular weight excluding hydrogens is 218 g/mol. The number of carbonyl (C=O) groups is 1. The van der Waals surface area contributed by atoms with Crippen molar-refractivity contribution in [1.82, 2.24) is 4.90 Å². The maximum atomic E-state index is 11.2. The smallest absolute Gasteiger partial charge is 0.315 e. The van der Waals surface area contributed by atoms with Crippen LogP contribution in [0.3, 0.4) is 0 Å².